The minimum atomic E-state index is 0.638. The Morgan fingerprint density at radius 3 is 2.43 bits per heavy atom. The molecule has 1 rings (SSSR count). The standard InChI is InChI=1S/C13H23N/c1-5-13(14-4)11(3)12-9-7-6-8-10(12)2/h6-14H,5H2,1-4H3. The number of hydrogen-bond acceptors (Lipinski definition) is 1. The summed E-state index contributed by atoms with van der Waals surface area (Å²) in [6, 6.07) is 0.638. The molecule has 0 aromatic heterocycles. The zero-order valence-corrected chi connectivity index (χ0v) is 9.83. The lowest BCUT2D eigenvalue weighted by molar-refractivity contribution is 0.272. The predicted octanol–water partition coefficient (Wildman–Crippen LogP) is 3.00. The maximum absolute atomic E-state index is 3.41. The minimum absolute atomic E-state index is 0.638. The molecule has 1 N–H and O–H groups in total. The Balaban J connectivity index is 2.63. The fraction of sp³-hybridized carbons (Fsp3) is 0.692. The van der Waals surface area contributed by atoms with E-state index in [0.717, 1.165) is 0 Å². The third kappa shape index (κ3) is 2.48. The van der Waals surface area contributed by atoms with Gasteiger partial charge in [0.15, 0.2) is 0 Å². The number of rotatable bonds is 4. The Bertz CT molecular complexity index is 213. The summed E-state index contributed by atoms with van der Waals surface area (Å²) in [4.78, 5) is 0. The lowest BCUT2D eigenvalue weighted by Gasteiger charge is -2.32. The first-order chi connectivity index (χ1) is 6.70. The van der Waals surface area contributed by atoms with Crippen molar-refractivity contribution < 1.29 is 0 Å². The van der Waals surface area contributed by atoms with E-state index in [1.165, 1.54) is 6.42 Å². The van der Waals surface area contributed by atoms with Crippen molar-refractivity contribution in [2.24, 2.45) is 17.8 Å². The molecule has 0 aliphatic heterocycles. The van der Waals surface area contributed by atoms with Gasteiger partial charge in [0.2, 0.25) is 0 Å². The van der Waals surface area contributed by atoms with Crippen LogP contribution in [0.25, 0.3) is 0 Å². The van der Waals surface area contributed by atoms with Crippen LogP contribution in [0, 0.1) is 17.8 Å². The van der Waals surface area contributed by atoms with Gasteiger partial charge in [-0.15, -0.1) is 0 Å². The molecule has 1 nitrogen and oxygen atoms in total. The molecule has 14 heavy (non-hydrogen) atoms. The first kappa shape index (κ1) is 11.5. The molecule has 1 heteroatoms. The van der Waals surface area contributed by atoms with E-state index in [-0.39, 0.29) is 0 Å². The summed E-state index contributed by atoms with van der Waals surface area (Å²) in [6.07, 6.45) is 10.2. The van der Waals surface area contributed by atoms with Gasteiger partial charge in [0.05, 0.1) is 0 Å². The molecular formula is C13H23N. The van der Waals surface area contributed by atoms with Crippen LogP contribution in [-0.2, 0) is 0 Å². The van der Waals surface area contributed by atoms with Crippen LogP contribution < -0.4 is 5.32 Å². The second-order valence-corrected chi connectivity index (χ2v) is 4.37. The lowest BCUT2D eigenvalue weighted by atomic mass is 9.77. The molecule has 0 aromatic carbocycles. The third-order valence-electron chi connectivity index (χ3n) is 3.52. The molecule has 0 heterocycles. The van der Waals surface area contributed by atoms with E-state index in [0.29, 0.717) is 23.8 Å². The van der Waals surface area contributed by atoms with Crippen LogP contribution in [0.5, 0.6) is 0 Å². The molecule has 0 spiro atoms. The highest BCUT2D eigenvalue weighted by Gasteiger charge is 2.25. The summed E-state index contributed by atoms with van der Waals surface area (Å²) in [5.41, 5.74) is 0. The van der Waals surface area contributed by atoms with Crippen molar-refractivity contribution in [1.29, 1.82) is 0 Å². The van der Waals surface area contributed by atoms with E-state index < -0.39 is 0 Å². The summed E-state index contributed by atoms with van der Waals surface area (Å²) in [7, 11) is 2.07. The summed E-state index contributed by atoms with van der Waals surface area (Å²) in [5.74, 6) is 2.08. The molecule has 0 saturated heterocycles. The monoisotopic (exact) mass is 193 g/mol. The van der Waals surface area contributed by atoms with Gasteiger partial charge < -0.3 is 5.32 Å². The molecule has 0 radical (unpaired) electrons. The lowest BCUT2D eigenvalue weighted by Crippen LogP contribution is -2.37. The summed E-state index contributed by atoms with van der Waals surface area (Å²) >= 11 is 0. The fourth-order valence-corrected chi connectivity index (χ4v) is 2.50. The molecule has 80 valence electrons. The van der Waals surface area contributed by atoms with Gasteiger partial charge in [0.25, 0.3) is 0 Å². The zero-order chi connectivity index (χ0) is 10.6. The highest BCUT2D eigenvalue weighted by Crippen LogP contribution is 2.29. The van der Waals surface area contributed by atoms with Crippen molar-refractivity contribution >= 4 is 0 Å². The van der Waals surface area contributed by atoms with Crippen LogP contribution in [0.3, 0.4) is 0 Å². The van der Waals surface area contributed by atoms with Gasteiger partial charge in [-0.3, -0.25) is 0 Å². The van der Waals surface area contributed by atoms with Gasteiger partial charge in [-0.25, -0.2) is 0 Å². The van der Waals surface area contributed by atoms with Crippen molar-refractivity contribution in [2.45, 2.75) is 33.2 Å². The maximum atomic E-state index is 3.41. The summed E-state index contributed by atoms with van der Waals surface area (Å²) in [6.45, 7) is 6.92. The SMILES string of the molecule is CCC(NC)C(C)C1C=CC=CC1C. The van der Waals surface area contributed by atoms with Crippen molar-refractivity contribution in [3.8, 4) is 0 Å². The Hall–Kier alpha value is -0.560. The van der Waals surface area contributed by atoms with Gasteiger partial charge in [-0.2, -0.15) is 0 Å². The highest BCUT2D eigenvalue weighted by molar-refractivity contribution is 5.14. The third-order valence-corrected chi connectivity index (χ3v) is 3.52. The highest BCUT2D eigenvalue weighted by atomic mass is 14.9. The molecule has 4 unspecified atom stereocenters. The van der Waals surface area contributed by atoms with Gasteiger partial charge in [-0.05, 0) is 31.2 Å². The van der Waals surface area contributed by atoms with Crippen LogP contribution in [-0.4, -0.2) is 13.1 Å². The molecule has 1 aliphatic rings. The molecule has 0 fully saturated rings. The quantitative estimate of drug-likeness (QED) is 0.723. The average molecular weight is 193 g/mol. The van der Waals surface area contributed by atoms with Crippen LogP contribution >= 0.6 is 0 Å². The van der Waals surface area contributed by atoms with Gasteiger partial charge in [0.1, 0.15) is 0 Å². The van der Waals surface area contributed by atoms with Crippen molar-refractivity contribution in [1.82, 2.24) is 5.32 Å². The van der Waals surface area contributed by atoms with Crippen LogP contribution in [0.4, 0.5) is 0 Å². The van der Waals surface area contributed by atoms with E-state index in [9.17, 15) is 0 Å². The van der Waals surface area contributed by atoms with Crippen molar-refractivity contribution in [3.05, 3.63) is 24.3 Å². The molecule has 0 bridgehead atoms. The number of nitrogens with one attached hydrogen (secondary N) is 1. The normalized spacial score (nSPS) is 30.3. The molecule has 0 amide bonds. The van der Waals surface area contributed by atoms with Gasteiger partial charge in [-0.1, -0.05) is 45.1 Å². The van der Waals surface area contributed by atoms with Gasteiger partial charge >= 0.3 is 0 Å². The Morgan fingerprint density at radius 1 is 1.29 bits per heavy atom. The molecule has 0 aromatic rings. The van der Waals surface area contributed by atoms with Crippen molar-refractivity contribution in [3.63, 3.8) is 0 Å². The van der Waals surface area contributed by atoms with Crippen LogP contribution in [0.15, 0.2) is 24.3 Å². The van der Waals surface area contributed by atoms with E-state index in [2.05, 4.69) is 57.4 Å². The van der Waals surface area contributed by atoms with E-state index in [1.54, 1.807) is 0 Å². The molecule has 0 saturated carbocycles. The fourth-order valence-electron chi connectivity index (χ4n) is 2.50. The van der Waals surface area contributed by atoms with E-state index in [4.69, 9.17) is 0 Å². The first-order valence-electron chi connectivity index (χ1n) is 5.73. The maximum Gasteiger partial charge on any atom is 0.00928 e. The Morgan fingerprint density at radius 2 is 1.93 bits per heavy atom. The summed E-state index contributed by atoms with van der Waals surface area (Å²) < 4.78 is 0. The second kappa shape index (κ2) is 5.35. The smallest absolute Gasteiger partial charge is 0.00928 e. The second-order valence-electron chi connectivity index (χ2n) is 4.37. The largest absolute Gasteiger partial charge is 0.317 e. The average Bonchev–Trinajstić information content (AvgIpc) is 2.20. The van der Waals surface area contributed by atoms with Crippen LogP contribution in [0.2, 0.25) is 0 Å². The predicted molar refractivity (Wildman–Crippen MR) is 63.2 cm³/mol. The zero-order valence-electron chi connectivity index (χ0n) is 9.83. The van der Waals surface area contributed by atoms with Crippen LogP contribution in [0.1, 0.15) is 27.2 Å². The molecule has 4 atom stereocenters. The van der Waals surface area contributed by atoms with Gasteiger partial charge in [0, 0.05) is 6.04 Å². The Kier molecular flexibility index (Phi) is 4.40. The number of hydrogen-bond donors (Lipinski definition) is 1. The minimum Gasteiger partial charge on any atom is -0.317 e. The number of allylic oxidation sites excluding steroid dienone is 4. The summed E-state index contributed by atoms with van der Waals surface area (Å²) in [5, 5.41) is 3.41. The first-order valence-corrected chi connectivity index (χ1v) is 5.73. The van der Waals surface area contributed by atoms with E-state index >= 15 is 0 Å². The van der Waals surface area contributed by atoms with Crippen molar-refractivity contribution in [2.75, 3.05) is 7.05 Å². The molecular weight excluding hydrogens is 170 g/mol. The Labute approximate surface area is 88.3 Å². The molecule has 1 aliphatic carbocycles. The van der Waals surface area contributed by atoms with E-state index in [1.807, 2.05) is 0 Å². The topological polar surface area (TPSA) is 12.0 Å².